The highest BCUT2D eigenvalue weighted by molar-refractivity contribution is 6.43. The molecule has 4 heteroatoms. The van der Waals surface area contributed by atoms with E-state index in [0.29, 0.717) is 22.0 Å². The van der Waals surface area contributed by atoms with Crippen LogP contribution in [0.4, 0.5) is 5.69 Å². The number of benzene rings is 2. The first kappa shape index (κ1) is 14.6. The smallest absolute Gasteiger partial charge is 0.118 e. The lowest BCUT2D eigenvalue weighted by molar-refractivity contribution is 0.373. The van der Waals surface area contributed by atoms with Crippen LogP contribution in [0.1, 0.15) is 24.3 Å². The van der Waals surface area contributed by atoms with E-state index in [2.05, 4.69) is 17.4 Å². The first-order valence-corrected chi connectivity index (χ1v) is 7.77. The molecule has 0 unspecified atom stereocenters. The van der Waals surface area contributed by atoms with Gasteiger partial charge < -0.3 is 10.1 Å². The molecular formula is C17H17Cl2NO. The summed E-state index contributed by atoms with van der Waals surface area (Å²) < 4.78 is 5.19. The summed E-state index contributed by atoms with van der Waals surface area (Å²) in [4.78, 5) is 0. The first-order chi connectivity index (χ1) is 10.2. The van der Waals surface area contributed by atoms with E-state index in [9.17, 15) is 0 Å². The highest BCUT2D eigenvalue weighted by Crippen LogP contribution is 2.40. The SMILES string of the molecule is COc1ccc(C2CC(Nc3cccc(Cl)c3Cl)C2)cc1. The first-order valence-electron chi connectivity index (χ1n) is 7.02. The topological polar surface area (TPSA) is 21.3 Å². The third-order valence-electron chi connectivity index (χ3n) is 4.04. The number of methoxy groups -OCH3 is 1. The van der Waals surface area contributed by atoms with Gasteiger partial charge in [0, 0.05) is 6.04 Å². The molecule has 1 fully saturated rings. The van der Waals surface area contributed by atoms with Crippen molar-refractivity contribution in [2.75, 3.05) is 12.4 Å². The minimum Gasteiger partial charge on any atom is -0.497 e. The molecule has 1 N–H and O–H groups in total. The molecule has 110 valence electrons. The van der Waals surface area contributed by atoms with E-state index in [-0.39, 0.29) is 0 Å². The van der Waals surface area contributed by atoms with Crippen LogP contribution in [0.2, 0.25) is 10.0 Å². The van der Waals surface area contributed by atoms with Gasteiger partial charge in [0.1, 0.15) is 5.75 Å². The van der Waals surface area contributed by atoms with Gasteiger partial charge in [-0.15, -0.1) is 0 Å². The Kier molecular flexibility index (Phi) is 4.27. The molecular weight excluding hydrogens is 305 g/mol. The van der Waals surface area contributed by atoms with Crippen molar-refractivity contribution < 1.29 is 4.74 Å². The summed E-state index contributed by atoms with van der Waals surface area (Å²) in [5, 5.41) is 4.66. The van der Waals surface area contributed by atoms with Crippen molar-refractivity contribution >= 4 is 28.9 Å². The zero-order valence-electron chi connectivity index (χ0n) is 11.8. The van der Waals surface area contributed by atoms with Crippen LogP contribution in [0.3, 0.4) is 0 Å². The largest absolute Gasteiger partial charge is 0.497 e. The summed E-state index contributed by atoms with van der Waals surface area (Å²) in [6.45, 7) is 0. The second kappa shape index (κ2) is 6.17. The Balaban J connectivity index is 1.59. The average Bonchev–Trinajstić information content (AvgIpc) is 2.47. The number of anilines is 1. The van der Waals surface area contributed by atoms with Crippen LogP contribution in [0, 0.1) is 0 Å². The summed E-state index contributed by atoms with van der Waals surface area (Å²) in [6, 6.07) is 14.5. The van der Waals surface area contributed by atoms with E-state index in [0.717, 1.165) is 24.3 Å². The lowest BCUT2D eigenvalue weighted by Gasteiger charge is -2.37. The summed E-state index contributed by atoms with van der Waals surface area (Å²) in [7, 11) is 1.69. The predicted molar refractivity (Wildman–Crippen MR) is 88.8 cm³/mol. The van der Waals surface area contributed by atoms with Gasteiger partial charge in [0.2, 0.25) is 0 Å². The monoisotopic (exact) mass is 321 g/mol. The second-order valence-corrected chi connectivity index (χ2v) is 6.17. The molecule has 0 spiro atoms. The number of hydrogen-bond donors (Lipinski definition) is 1. The zero-order valence-corrected chi connectivity index (χ0v) is 13.3. The van der Waals surface area contributed by atoms with Crippen molar-refractivity contribution in [3.05, 3.63) is 58.1 Å². The summed E-state index contributed by atoms with van der Waals surface area (Å²) in [6.07, 6.45) is 2.21. The van der Waals surface area contributed by atoms with Gasteiger partial charge in [-0.1, -0.05) is 41.4 Å². The minimum atomic E-state index is 0.452. The van der Waals surface area contributed by atoms with Crippen LogP contribution in [0.15, 0.2) is 42.5 Å². The molecule has 0 amide bonds. The quantitative estimate of drug-likeness (QED) is 0.818. The molecule has 0 heterocycles. The van der Waals surface area contributed by atoms with Gasteiger partial charge in [-0.05, 0) is 48.6 Å². The fourth-order valence-electron chi connectivity index (χ4n) is 2.72. The summed E-state index contributed by atoms with van der Waals surface area (Å²) >= 11 is 12.2. The molecule has 0 aromatic heterocycles. The van der Waals surface area contributed by atoms with Crippen molar-refractivity contribution in [1.29, 1.82) is 0 Å². The molecule has 2 aromatic carbocycles. The number of ether oxygens (including phenoxy) is 1. The number of nitrogens with one attached hydrogen (secondary N) is 1. The van der Waals surface area contributed by atoms with Crippen molar-refractivity contribution in [1.82, 2.24) is 0 Å². The van der Waals surface area contributed by atoms with Gasteiger partial charge in [0.25, 0.3) is 0 Å². The Labute approximate surface area is 135 Å². The standard InChI is InChI=1S/C17H17Cl2NO/c1-21-14-7-5-11(6-8-14)12-9-13(10-12)20-16-4-2-3-15(18)17(16)19/h2-8,12-13,20H,9-10H2,1H3. The number of halogens is 2. The molecule has 2 nitrogen and oxygen atoms in total. The Morgan fingerprint density at radius 1 is 1.05 bits per heavy atom. The van der Waals surface area contributed by atoms with Crippen molar-refractivity contribution in [3.8, 4) is 5.75 Å². The maximum Gasteiger partial charge on any atom is 0.118 e. The van der Waals surface area contributed by atoms with E-state index in [1.165, 1.54) is 5.56 Å². The highest BCUT2D eigenvalue weighted by atomic mass is 35.5. The van der Waals surface area contributed by atoms with Crippen LogP contribution in [-0.4, -0.2) is 13.2 Å². The number of rotatable bonds is 4. The zero-order chi connectivity index (χ0) is 14.8. The van der Waals surface area contributed by atoms with E-state index in [1.54, 1.807) is 13.2 Å². The van der Waals surface area contributed by atoms with Crippen molar-refractivity contribution in [3.63, 3.8) is 0 Å². The molecule has 0 atom stereocenters. The molecule has 2 aromatic rings. The maximum absolute atomic E-state index is 6.20. The molecule has 1 aliphatic carbocycles. The Morgan fingerprint density at radius 3 is 2.43 bits per heavy atom. The van der Waals surface area contributed by atoms with Crippen LogP contribution in [0.25, 0.3) is 0 Å². The molecule has 21 heavy (non-hydrogen) atoms. The molecule has 0 saturated heterocycles. The minimum absolute atomic E-state index is 0.452. The lowest BCUT2D eigenvalue weighted by atomic mass is 9.76. The Bertz CT molecular complexity index is 621. The van der Waals surface area contributed by atoms with E-state index in [1.807, 2.05) is 24.3 Å². The van der Waals surface area contributed by atoms with E-state index in [4.69, 9.17) is 27.9 Å². The highest BCUT2D eigenvalue weighted by Gasteiger charge is 2.30. The Morgan fingerprint density at radius 2 is 1.76 bits per heavy atom. The summed E-state index contributed by atoms with van der Waals surface area (Å²) in [5.41, 5.74) is 2.29. The van der Waals surface area contributed by atoms with Crippen LogP contribution in [-0.2, 0) is 0 Å². The number of hydrogen-bond acceptors (Lipinski definition) is 2. The fourth-order valence-corrected chi connectivity index (χ4v) is 3.07. The second-order valence-electron chi connectivity index (χ2n) is 5.38. The van der Waals surface area contributed by atoms with Crippen LogP contribution < -0.4 is 10.1 Å². The van der Waals surface area contributed by atoms with Crippen molar-refractivity contribution in [2.24, 2.45) is 0 Å². The van der Waals surface area contributed by atoms with Crippen molar-refractivity contribution in [2.45, 2.75) is 24.8 Å². The fraction of sp³-hybridized carbons (Fsp3) is 0.294. The van der Waals surface area contributed by atoms with Gasteiger partial charge >= 0.3 is 0 Å². The van der Waals surface area contributed by atoms with Gasteiger partial charge in [-0.2, -0.15) is 0 Å². The predicted octanol–water partition coefficient (Wildman–Crippen LogP) is 5.36. The molecule has 0 bridgehead atoms. The lowest BCUT2D eigenvalue weighted by Crippen LogP contribution is -2.34. The van der Waals surface area contributed by atoms with Gasteiger partial charge in [0.15, 0.2) is 0 Å². The third kappa shape index (κ3) is 3.12. The molecule has 3 rings (SSSR count). The average molecular weight is 322 g/mol. The molecule has 0 radical (unpaired) electrons. The van der Waals surface area contributed by atoms with Gasteiger partial charge in [0.05, 0.1) is 22.8 Å². The van der Waals surface area contributed by atoms with Crippen LogP contribution >= 0.6 is 23.2 Å². The normalized spacial score (nSPS) is 20.7. The van der Waals surface area contributed by atoms with E-state index >= 15 is 0 Å². The van der Waals surface area contributed by atoms with Crippen LogP contribution in [0.5, 0.6) is 5.75 Å². The molecule has 0 aliphatic heterocycles. The third-order valence-corrected chi connectivity index (χ3v) is 4.86. The Hall–Kier alpha value is -1.38. The van der Waals surface area contributed by atoms with E-state index < -0.39 is 0 Å². The van der Waals surface area contributed by atoms with Gasteiger partial charge in [-0.3, -0.25) is 0 Å². The maximum atomic E-state index is 6.20. The summed E-state index contributed by atoms with van der Waals surface area (Å²) in [5.74, 6) is 1.50. The molecule has 1 aliphatic rings. The van der Waals surface area contributed by atoms with Gasteiger partial charge in [-0.25, -0.2) is 0 Å². The molecule has 1 saturated carbocycles.